The predicted molar refractivity (Wildman–Crippen MR) is 61.0 cm³/mol. The standard InChI is InChI=1S/C11H17NS/c1-9(2)7-8-13-11-6-4-3-5-10(11)12/h3-6,9H,7-8,12H2,1-2H3. The maximum atomic E-state index is 5.82. The van der Waals surface area contributed by atoms with Crippen LogP contribution < -0.4 is 5.73 Å². The number of nitrogens with two attached hydrogens (primary N) is 1. The highest BCUT2D eigenvalue weighted by atomic mass is 32.2. The molecule has 0 fully saturated rings. The molecule has 2 N–H and O–H groups in total. The van der Waals surface area contributed by atoms with Gasteiger partial charge in [0.1, 0.15) is 0 Å². The highest BCUT2D eigenvalue weighted by Crippen LogP contribution is 2.25. The molecule has 0 saturated carbocycles. The van der Waals surface area contributed by atoms with E-state index in [1.54, 1.807) is 0 Å². The molecule has 0 aromatic heterocycles. The second-order valence-corrected chi connectivity index (χ2v) is 4.71. The molecule has 0 atom stereocenters. The third-order valence-corrected chi connectivity index (χ3v) is 2.99. The topological polar surface area (TPSA) is 26.0 Å². The third kappa shape index (κ3) is 3.73. The van der Waals surface area contributed by atoms with Gasteiger partial charge >= 0.3 is 0 Å². The van der Waals surface area contributed by atoms with Crippen molar-refractivity contribution in [3.63, 3.8) is 0 Å². The summed E-state index contributed by atoms with van der Waals surface area (Å²) in [5.74, 6) is 1.93. The van der Waals surface area contributed by atoms with Gasteiger partial charge in [-0.1, -0.05) is 26.0 Å². The molecule has 2 heteroatoms. The summed E-state index contributed by atoms with van der Waals surface area (Å²) in [6.45, 7) is 4.49. The molecule has 0 bridgehead atoms. The summed E-state index contributed by atoms with van der Waals surface area (Å²) >= 11 is 1.85. The maximum Gasteiger partial charge on any atom is 0.0452 e. The van der Waals surface area contributed by atoms with Crippen LogP contribution in [0.4, 0.5) is 5.69 Å². The van der Waals surface area contributed by atoms with Crippen molar-refractivity contribution in [1.29, 1.82) is 0 Å². The zero-order valence-corrected chi connectivity index (χ0v) is 9.10. The van der Waals surface area contributed by atoms with E-state index in [0.717, 1.165) is 17.4 Å². The van der Waals surface area contributed by atoms with Crippen LogP contribution in [0.25, 0.3) is 0 Å². The molecule has 0 aliphatic heterocycles. The van der Waals surface area contributed by atoms with Crippen molar-refractivity contribution >= 4 is 17.4 Å². The molecule has 0 aliphatic carbocycles. The number of nitrogen functional groups attached to an aromatic ring is 1. The fourth-order valence-corrected chi connectivity index (χ4v) is 2.24. The zero-order valence-electron chi connectivity index (χ0n) is 8.29. The Balaban J connectivity index is 2.41. The predicted octanol–water partition coefficient (Wildman–Crippen LogP) is 3.41. The molecule has 13 heavy (non-hydrogen) atoms. The molecule has 1 nitrogen and oxygen atoms in total. The number of hydrogen-bond acceptors (Lipinski definition) is 2. The lowest BCUT2D eigenvalue weighted by molar-refractivity contribution is 0.632. The largest absolute Gasteiger partial charge is 0.398 e. The van der Waals surface area contributed by atoms with Crippen LogP contribution in [0.2, 0.25) is 0 Å². The van der Waals surface area contributed by atoms with Gasteiger partial charge in [-0.15, -0.1) is 11.8 Å². The lowest BCUT2D eigenvalue weighted by Gasteiger charge is -2.06. The number of hydrogen-bond donors (Lipinski definition) is 1. The summed E-state index contributed by atoms with van der Waals surface area (Å²) in [6.07, 6.45) is 1.25. The number of benzene rings is 1. The number of thioether (sulfide) groups is 1. The number of anilines is 1. The maximum absolute atomic E-state index is 5.82. The monoisotopic (exact) mass is 195 g/mol. The Morgan fingerprint density at radius 2 is 2.00 bits per heavy atom. The van der Waals surface area contributed by atoms with Gasteiger partial charge in [0.15, 0.2) is 0 Å². The fourth-order valence-electron chi connectivity index (χ4n) is 1.02. The van der Waals surface area contributed by atoms with Gasteiger partial charge < -0.3 is 5.73 Å². The van der Waals surface area contributed by atoms with Crippen LogP contribution in [0.5, 0.6) is 0 Å². The molecule has 0 aliphatic rings. The summed E-state index contributed by atoms with van der Waals surface area (Å²) < 4.78 is 0. The molecule has 0 radical (unpaired) electrons. The van der Waals surface area contributed by atoms with Crippen LogP contribution in [0.3, 0.4) is 0 Å². The van der Waals surface area contributed by atoms with Gasteiger partial charge in [-0.2, -0.15) is 0 Å². The van der Waals surface area contributed by atoms with Gasteiger partial charge in [-0.05, 0) is 30.2 Å². The molecular weight excluding hydrogens is 178 g/mol. The van der Waals surface area contributed by atoms with E-state index in [1.807, 2.05) is 30.0 Å². The fraction of sp³-hybridized carbons (Fsp3) is 0.455. The van der Waals surface area contributed by atoms with Gasteiger partial charge in [0, 0.05) is 10.6 Å². The van der Waals surface area contributed by atoms with Crippen molar-refractivity contribution < 1.29 is 0 Å². The van der Waals surface area contributed by atoms with Crippen molar-refractivity contribution in [1.82, 2.24) is 0 Å². The third-order valence-electron chi connectivity index (χ3n) is 1.87. The van der Waals surface area contributed by atoms with Gasteiger partial charge in [-0.3, -0.25) is 0 Å². The molecule has 1 aromatic carbocycles. The van der Waals surface area contributed by atoms with E-state index in [1.165, 1.54) is 11.3 Å². The van der Waals surface area contributed by atoms with Crippen LogP contribution in [0, 0.1) is 5.92 Å². The Labute approximate surface area is 84.7 Å². The van der Waals surface area contributed by atoms with Crippen LogP contribution >= 0.6 is 11.8 Å². The molecule has 1 aromatic rings. The van der Waals surface area contributed by atoms with Crippen LogP contribution in [0.15, 0.2) is 29.2 Å². The molecule has 1 rings (SSSR count). The quantitative estimate of drug-likeness (QED) is 0.588. The summed E-state index contributed by atoms with van der Waals surface area (Å²) in [4.78, 5) is 1.21. The minimum absolute atomic E-state index is 0.775. The van der Waals surface area contributed by atoms with E-state index in [-0.39, 0.29) is 0 Å². The van der Waals surface area contributed by atoms with Crippen molar-refractivity contribution in [2.45, 2.75) is 25.2 Å². The minimum atomic E-state index is 0.775. The average Bonchev–Trinajstić information content (AvgIpc) is 2.08. The zero-order chi connectivity index (χ0) is 9.68. The van der Waals surface area contributed by atoms with Crippen LogP contribution in [0.1, 0.15) is 20.3 Å². The van der Waals surface area contributed by atoms with E-state index in [0.29, 0.717) is 0 Å². The van der Waals surface area contributed by atoms with Crippen LogP contribution in [-0.4, -0.2) is 5.75 Å². The molecule has 0 spiro atoms. The number of para-hydroxylation sites is 1. The Bertz CT molecular complexity index is 258. The Morgan fingerprint density at radius 1 is 1.31 bits per heavy atom. The van der Waals surface area contributed by atoms with Crippen molar-refractivity contribution in [3.05, 3.63) is 24.3 Å². The summed E-state index contributed by atoms with van der Waals surface area (Å²) in [5.41, 5.74) is 6.72. The first-order valence-electron chi connectivity index (χ1n) is 4.67. The SMILES string of the molecule is CC(C)CCSc1ccccc1N. The van der Waals surface area contributed by atoms with Crippen molar-refractivity contribution in [2.24, 2.45) is 5.92 Å². The summed E-state index contributed by atoms with van der Waals surface area (Å²) in [6, 6.07) is 8.05. The van der Waals surface area contributed by atoms with Crippen LogP contribution in [-0.2, 0) is 0 Å². The van der Waals surface area contributed by atoms with Crippen molar-refractivity contribution in [3.8, 4) is 0 Å². The van der Waals surface area contributed by atoms with Gasteiger partial charge in [0.05, 0.1) is 0 Å². The minimum Gasteiger partial charge on any atom is -0.398 e. The van der Waals surface area contributed by atoms with Gasteiger partial charge in [-0.25, -0.2) is 0 Å². The Morgan fingerprint density at radius 3 is 2.62 bits per heavy atom. The van der Waals surface area contributed by atoms with E-state index >= 15 is 0 Å². The second kappa shape index (κ2) is 5.18. The van der Waals surface area contributed by atoms with Gasteiger partial charge in [0.25, 0.3) is 0 Å². The lowest BCUT2D eigenvalue weighted by atomic mass is 10.2. The Kier molecular flexibility index (Phi) is 4.16. The van der Waals surface area contributed by atoms with E-state index in [4.69, 9.17) is 5.73 Å². The second-order valence-electron chi connectivity index (χ2n) is 3.57. The molecule has 0 saturated heterocycles. The summed E-state index contributed by atoms with van der Waals surface area (Å²) in [5, 5.41) is 0. The highest BCUT2D eigenvalue weighted by molar-refractivity contribution is 7.99. The van der Waals surface area contributed by atoms with Gasteiger partial charge in [0.2, 0.25) is 0 Å². The first-order valence-corrected chi connectivity index (χ1v) is 5.66. The van der Waals surface area contributed by atoms with E-state index < -0.39 is 0 Å². The molecular formula is C11H17NS. The first kappa shape index (κ1) is 10.5. The number of rotatable bonds is 4. The molecule has 72 valence electrons. The first-order chi connectivity index (χ1) is 6.20. The van der Waals surface area contributed by atoms with E-state index in [9.17, 15) is 0 Å². The molecule has 0 amide bonds. The van der Waals surface area contributed by atoms with E-state index in [2.05, 4.69) is 19.9 Å². The lowest BCUT2D eigenvalue weighted by Crippen LogP contribution is -1.91. The molecule has 0 heterocycles. The van der Waals surface area contributed by atoms with Crippen molar-refractivity contribution in [2.75, 3.05) is 11.5 Å². The normalized spacial score (nSPS) is 10.7. The summed E-state index contributed by atoms with van der Waals surface area (Å²) in [7, 11) is 0. The Hall–Kier alpha value is -0.630. The molecule has 0 unspecified atom stereocenters. The average molecular weight is 195 g/mol. The highest BCUT2D eigenvalue weighted by Gasteiger charge is 1.99. The smallest absolute Gasteiger partial charge is 0.0452 e.